The minimum Gasteiger partial charge on any atom is -0.357 e. The lowest BCUT2D eigenvalue weighted by atomic mass is 10.1. The molecule has 8 heteroatoms. The number of aryl methyl sites for hydroxylation is 3. The molecule has 0 spiro atoms. The molecule has 26 heavy (non-hydrogen) atoms. The second-order valence-electron chi connectivity index (χ2n) is 6.16. The van der Waals surface area contributed by atoms with Gasteiger partial charge in [-0.1, -0.05) is 12.1 Å². The molecule has 0 saturated carbocycles. The van der Waals surface area contributed by atoms with Crippen molar-refractivity contribution in [1.29, 1.82) is 0 Å². The molecule has 0 aliphatic carbocycles. The van der Waals surface area contributed by atoms with Crippen LogP contribution in [-0.4, -0.2) is 32.2 Å². The summed E-state index contributed by atoms with van der Waals surface area (Å²) < 4.78 is 23.4. The van der Waals surface area contributed by atoms with Crippen molar-refractivity contribution < 1.29 is 8.42 Å². The van der Waals surface area contributed by atoms with E-state index in [0.717, 1.165) is 34.3 Å². The lowest BCUT2D eigenvalue weighted by molar-refractivity contribution is 0.601. The van der Waals surface area contributed by atoms with Gasteiger partial charge in [-0.2, -0.15) is 0 Å². The monoisotopic (exact) mass is 394 g/mol. The van der Waals surface area contributed by atoms with Gasteiger partial charge >= 0.3 is 0 Å². The Kier molecular flexibility index (Phi) is 6.77. The van der Waals surface area contributed by atoms with E-state index in [4.69, 9.17) is 0 Å². The molecule has 1 aromatic carbocycles. The van der Waals surface area contributed by atoms with Gasteiger partial charge in [-0.25, -0.2) is 18.4 Å². The summed E-state index contributed by atoms with van der Waals surface area (Å²) in [5.74, 6) is 0.725. The zero-order chi connectivity index (χ0) is 19.3. The zero-order valence-electron chi connectivity index (χ0n) is 15.9. The van der Waals surface area contributed by atoms with Gasteiger partial charge in [-0.3, -0.25) is 0 Å². The van der Waals surface area contributed by atoms with Crippen LogP contribution in [0.2, 0.25) is 0 Å². The van der Waals surface area contributed by atoms with Gasteiger partial charge in [0.15, 0.2) is 15.8 Å². The van der Waals surface area contributed by atoms with Crippen molar-refractivity contribution in [2.24, 2.45) is 4.99 Å². The number of aliphatic imine (C=N–C) groups is 1. The van der Waals surface area contributed by atoms with E-state index >= 15 is 0 Å². The highest BCUT2D eigenvalue weighted by Crippen LogP contribution is 2.18. The predicted octanol–water partition coefficient (Wildman–Crippen LogP) is 2.73. The number of guanidine groups is 1. The number of nitrogens with one attached hydrogen (secondary N) is 2. The molecule has 1 heterocycles. The molecule has 6 nitrogen and oxygen atoms in total. The smallest absolute Gasteiger partial charge is 0.191 e. The quantitative estimate of drug-likeness (QED) is 0.581. The SMILES string of the molecule is CCNC(=NCc1ccc(S(C)(=O)=O)c(C)c1)NCc1sc(C)nc1C. The first kappa shape index (κ1) is 20.4. The van der Waals surface area contributed by atoms with Crippen molar-refractivity contribution >= 4 is 27.1 Å². The van der Waals surface area contributed by atoms with Gasteiger partial charge in [0.2, 0.25) is 0 Å². The fourth-order valence-corrected chi connectivity index (χ4v) is 4.48. The van der Waals surface area contributed by atoms with Crippen molar-refractivity contribution in [3.8, 4) is 0 Å². The maximum atomic E-state index is 11.7. The second-order valence-corrected chi connectivity index (χ2v) is 9.43. The Hall–Kier alpha value is -1.93. The summed E-state index contributed by atoms with van der Waals surface area (Å²) in [6.45, 7) is 9.75. The number of thiazole rings is 1. The standard InChI is InChI=1S/C18H26N4O2S2/c1-6-19-18(21-11-16-13(3)22-14(4)25-16)20-10-15-7-8-17(12(2)9-15)26(5,23)24/h7-9H,6,10-11H2,1-5H3,(H2,19,20,21). The van der Waals surface area contributed by atoms with Gasteiger partial charge in [0.25, 0.3) is 0 Å². The number of rotatable bonds is 6. The first-order valence-electron chi connectivity index (χ1n) is 8.45. The number of benzene rings is 1. The van der Waals surface area contributed by atoms with E-state index in [0.29, 0.717) is 18.0 Å². The zero-order valence-corrected chi connectivity index (χ0v) is 17.5. The van der Waals surface area contributed by atoms with Crippen LogP contribution in [0.3, 0.4) is 0 Å². The predicted molar refractivity (Wildman–Crippen MR) is 108 cm³/mol. The van der Waals surface area contributed by atoms with Crippen molar-refractivity contribution in [2.75, 3.05) is 12.8 Å². The average Bonchev–Trinajstić information content (AvgIpc) is 2.86. The average molecular weight is 395 g/mol. The minimum atomic E-state index is -3.20. The topological polar surface area (TPSA) is 83.5 Å². The van der Waals surface area contributed by atoms with Crippen LogP contribution in [-0.2, 0) is 22.9 Å². The molecule has 0 amide bonds. The molecule has 0 saturated heterocycles. The van der Waals surface area contributed by atoms with E-state index in [1.807, 2.05) is 39.8 Å². The third-order valence-electron chi connectivity index (χ3n) is 3.82. The highest BCUT2D eigenvalue weighted by atomic mass is 32.2. The number of nitrogens with zero attached hydrogens (tertiary/aromatic N) is 2. The van der Waals surface area contributed by atoms with E-state index in [-0.39, 0.29) is 0 Å². The normalized spacial score (nSPS) is 12.3. The largest absolute Gasteiger partial charge is 0.357 e. The van der Waals surface area contributed by atoms with E-state index in [2.05, 4.69) is 20.6 Å². The summed E-state index contributed by atoms with van der Waals surface area (Å²) >= 11 is 1.68. The van der Waals surface area contributed by atoms with E-state index < -0.39 is 9.84 Å². The van der Waals surface area contributed by atoms with Crippen LogP contribution in [0.4, 0.5) is 0 Å². The lowest BCUT2D eigenvalue weighted by Crippen LogP contribution is -2.36. The molecule has 2 aromatic rings. The number of hydrogen-bond acceptors (Lipinski definition) is 5. The maximum absolute atomic E-state index is 11.7. The van der Waals surface area contributed by atoms with Crippen LogP contribution in [0.15, 0.2) is 28.1 Å². The molecular formula is C18H26N4O2S2. The molecular weight excluding hydrogens is 368 g/mol. The molecule has 142 valence electrons. The summed E-state index contributed by atoms with van der Waals surface area (Å²) in [6, 6.07) is 5.34. The van der Waals surface area contributed by atoms with Crippen molar-refractivity contribution in [3.05, 3.63) is 44.9 Å². The van der Waals surface area contributed by atoms with E-state index in [1.54, 1.807) is 17.4 Å². The van der Waals surface area contributed by atoms with Gasteiger partial charge in [0.1, 0.15) is 0 Å². The summed E-state index contributed by atoms with van der Waals surface area (Å²) in [7, 11) is -3.20. The molecule has 2 rings (SSSR count). The Balaban J connectivity index is 2.09. The van der Waals surface area contributed by atoms with Crippen molar-refractivity contribution in [2.45, 2.75) is 45.7 Å². The number of sulfone groups is 1. The fraction of sp³-hybridized carbons (Fsp3) is 0.444. The Labute approximate surface area is 159 Å². The van der Waals surface area contributed by atoms with Gasteiger partial charge in [0.05, 0.1) is 28.7 Å². The highest BCUT2D eigenvalue weighted by molar-refractivity contribution is 7.90. The lowest BCUT2D eigenvalue weighted by Gasteiger charge is -2.11. The van der Waals surface area contributed by atoms with Gasteiger partial charge in [-0.05, 0) is 44.9 Å². The Bertz CT molecular complexity index is 902. The summed E-state index contributed by atoms with van der Waals surface area (Å²) in [6.07, 6.45) is 1.23. The molecule has 1 aromatic heterocycles. The van der Waals surface area contributed by atoms with Crippen LogP contribution in [0.25, 0.3) is 0 Å². The van der Waals surface area contributed by atoms with E-state index in [1.165, 1.54) is 11.1 Å². The molecule has 0 aliphatic heterocycles. The Morgan fingerprint density at radius 2 is 1.96 bits per heavy atom. The van der Waals surface area contributed by atoms with Gasteiger partial charge in [0, 0.05) is 17.7 Å². The van der Waals surface area contributed by atoms with Gasteiger partial charge in [-0.15, -0.1) is 11.3 Å². The van der Waals surface area contributed by atoms with Crippen LogP contribution in [0.1, 0.15) is 33.6 Å². The van der Waals surface area contributed by atoms with Crippen molar-refractivity contribution in [3.63, 3.8) is 0 Å². The van der Waals surface area contributed by atoms with E-state index in [9.17, 15) is 8.42 Å². The third-order valence-corrected chi connectivity index (χ3v) is 6.15. The second kappa shape index (κ2) is 8.64. The maximum Gasteiger partial charge on any atom is 0.191 e. The molecule has 0 bridgehead atoms. The highest BCUT2D eigenvalue weighted by Gasteiger charge is 2.11. The summed E-state index contributed by atoms with van der Waals surface area (Å²) in [4.78, 5) is 10.6. The number of hydrogen-bond donors (Lipinski definition) is 2. The van der Waals surface area contributed by atoms with Gasteiger partial charge < -0.3 is 10.6 Å². The molecule has 2 N–H and O–H groups in total. The van der Waals surface area contributed by atoms with Crippen LogP contribution in [0.5, 0.6) is 0 Å². The number of aromatic nitrogens is 1. The molecule has 0 radical (unpaired) electrons. The Morgan fingerprint density at radius 3 is 2.50 bits per heavy atom. The fourth-order valence-electron chi connectivity index (χ4n) is 2.64. The van der Waals surface area contributed by atoms with Crippen molar-refractivity contribution in [1.82, 2.24) is 15.6 Å². The summed E-state index contributed by atoms with van der Waals surface area (Å²) in [5, 5.41) is 7.61. The Morgan fingerprint density at radius 1 is 1.23 bits per heavy atom. The van der Waals surface area contributed by atoms with Crippen LogP contribution >= 0.6 is 11.3 Å². The summed E-state index contributed by atoms with van der Waals surface area (Å²) in [5.41, 5.74) is 2.76. The first-order valence-corrected chi connectivity index (χ1v) is 11.2. The third kappa shape index (κ3) is 5.54. The van der Waals surface area contributed by atoms with Crippen LogP contribution in [0, 0.1) is 20.8 Å². The molecule has 0 unspecified atom stereocenters. The molecule has 0 aliphatic rings. The van der Waals surface area contributed by atoms with Crippen LogP contribution < -0.4 is 10.6 Å². The first-order chi connectivity index (χ1) is 12.2. The molecule has 0 fully saturated rings. The minimum absolute atomic E-state index is 0.367. The molecule has 0 atom stereocenters.